The van der Waals surface area contributed by atoms with E-state index in [1.807, 2.05) is 0 Å². The molecule has 0 aliphatic carbocycles. The third-order valence-electron chi connectivity index (χ3n) is 4.00. The van der Waals surface area contributed by atoms with E-state index in [-0.39, 0.29) is 29.3 Å². The third-order valence-corrected chi connectivity index (χ3v) is 6.12. The second-order valence-electron chi connectivity index (χ2n) is 5.69. The highest BCUT2D eigenvalue weighted by Crippen LogP contribution is 2.38. The number of aryl methyl sites for hydroxylation is 2. The SMILES string of the molecule is Cc1noc(C)c1S(=O)(=O)N1C[C@H](O)C[C@H]1c1cccc(F)c1. The van der Waals surface area contributed by atoms with Gasteiger partial charge in [-0.15, -0.1) is 0 Å². The Morgan fingerprint density at radius 2 is 2.13 bits per heavy atom. The molecular formula is C15H17FN2O4S. The summed E-state index contributed by atoms with van der Waals surface area (Å²) in [6.07, 6.45) is -0.593. The molecule has 1 fully saturated rings. The predicted octanol–water partition coefficient (Wildman–Crippen LogP) is 1.93. The Morgan fingerprint density at radius 3 is 2.74 bits per heavy atom. The van der Waals surface area contributed by atoms with E-state index >= 15 is 0 Å². The molecule has 3 rings (SSSR count). The molecule has 0 amide bonds. The van der Waals surface area contributed by atoms with Crippen molar-refractivity contribution in [1.82, 2.24) is 9.46 Å². The van der Waals surface area contributed by atoms with Crippen LogP contribution < -0.4 is 0 Å². The van der Waals surface area contributed by atoms with Crippen molar-refractivity contribution >= 4 is 10.0 Å². The summed E-state index contributed by atoms with van der Waals surface area (Å²) in [6.45, 7) is 3.03. The number of sulfonamides is 1. The lowest BCUT2D eigenvalue weighted by atomic mass is 10.0. The van der Waals surface area contributed by atoms with Crippen molar-refractivity contribution in [2.75, 3.05) is 6.54 Å². The van der Waals surface area contributed by atoms with E-state index in [1.165, 1.54) is 29.4 Å². The Hall–Kier alpha value is -1.77. The minimum atomic E-state index is -3.91. The highest BCUT2D eigenvalue weighted by atomic mass is 32.2. The van der Waals surface area contributed by atoms with E-state index < -0.39 is 28.0 Å². The van der Waals surface area contributed by atoms with Crippen LogP contribution in [0, 0.1) is 19.7 Å². The molecule has 1 aliphatic heterocycles. The largest absolute Gasteiger partial charge is 0.392 e. The first-order valence-electron chi connectivity index (χ1n) is 7.19. The van der Waals surface area contributed by atoms with Gasteiger partial charge in [-0.3, -0.25) is 0 Å². The van der Waals surface area contributed by atoms with Gasteiger partial charge in [-0.1, -0.05) is 17.3 Å². The van der Waals surface area contributed by atoms with Crippen molar-refractivity contribution in [2.45, 2.75) is 37.3 Å². The van der Waals surface area contributed by atoms with Gasteiger partial charge in [0, 0.05) is 6.54 Å². The van der Waals surface area contributed by atoms with Crippen LogP contribution in [0.2, 0.25) is 0 Å². The molecule has 8 heteroatoms. The zero-order valence-electron chi connectivity index (χ0n) is 12.7. The lowest BCUT2D eigenvalue weighted by Gasteiger charge is -2.24. The van der Waals surface area contributed by atoms with Crippen LogP contribution in [-0.2, 0) is 10.0 Å². The first-order valence-corrected chi connectivity index (χ1v) is 8.63. The summed E-state index contributed by atoms with van der Waals surface area (Å²) in [6, 6.07) is 5.14. The van der Waals surface area contributed by atoms with E-state index in [4.69, 9.17) is 4.52 Å². The molecule has 0 unspecified atom stereocenters. The van der Waals surface area contributed by atoms with Gasteiger partial charge in [0.1, 0.15) is 16.4 Å². The molecule has 0 spiro atoms. The molecule has 0 saturated carbocycles. The fourth-order valence-corrected chi connectivity index (χ4v) is 4.98. The van der Waals surface area contributed by atoms with Crippen LogP contribution in [0.1, 0.15) is 29.5 Å². The maximum atomic E-state index is 13.5. The minimum absolute atomic E-state index is 0.00741. The van der Waals surface area contributed by atoms with Gasteiger partial charge in [0.25, 0.3) is 0 Å². The molecule has 6 nitrogen and oxygen atoms in total. The average Bonchev–Trinajstić information content (AvgIpc) is 3.03. The molecule has 1 aliphatic rings. The van der Waals surface area contributed by atoms with E-state index in [0.717, 1.165) is 0 Å². The Kier molecular flexibility index (Phi) is 3.99. The van der Waals surface area contributed by atoms with Gasteiger partial charge in [-0.25, -0.2) is 12.8 Å². The number of hydrogen-bond acceptors (Lipinski definition) is 5. The number of aromatic nitrogens is 1. The fourth-order valence-electron chi connectivity index (χ4n) is 3.03. The quantitative estimate of drug-likeness (QED) is 0.923. The second-order valence-corrected chi connectivity index (χ2v) is 7.52. The summed E-state index contributed by atoms with van der Waals surface area (Å²) >= 11 is 0. The van der Waals surface area contributed by atoms with Gasteiger partial charge in [0.15, 0.2) is 5.76 Å². The van der Waals surface area contributed by atoms with Crippen molar-refractivity contribution in [3.8, 4) is 0 Å². The van der Waals surface area contributed by atoms with Crippen LogP contribution in [-0.4, -0.2) is 35.6 Å². The number of benzene rings is 1. The molecule has 1 N–H and O–H groups in total. The molecule has 0 radical (unpaired) electrons. The van der Waals surface area contributed by atoms with Crippen LogP contribution >= 0.6 is 0 Å². The topological polar surface area (TPSA) is 83.6 Å². The maximum Gasteiger partial charge on any atom is 0.249 e. The van der Waals surface area contributed by atoms with Crippen LogP contribution in [0.4, 0.5) is 4.39 Å². The number of rotatable bonds is 3. The standard InChI is InChI=1S/C15H17FN2O4S/c1-9-15(10(2)22-17-9)23(20,21)18-8-13(19)7-14(18)11-4-3-5-12(16)6-11/h3-6,13-14,19H,7-8H2,1-2H3/t13-,14+/m1/s1. The minimum Gasteiger partial charge on any atom is -0.392 e. The molecule has 2 heterocycles. The lowest BCUT2D eigenvalue weighted by molar-refractivity contribution is 0.188. The van der Waals surface area contributed by atoms with Crippen LogP contribution in [0.25, 0.3) is 0 Å². The number of hydrogen-bond donors (Lipinski definition) is 1. The molecule has 1 aromatic heterocycles. The van der Waals surface area contributed by atoms with Gasteiger partial charge in [0.05, 0.1) is 12.1 Å². The summed E-state index contributed by atoms with van der Waals surface area (Å²) in [5.74, 6) is -0.250. The van der Waals surface area contributed by atoms with Gasteiger partial charge in [-0.2, -0.15) is 4.31 Å². The Balaban J connectivity index is 2.06. The van der Waals surface area contributed by atoms with Crippen molar-refractivity contribution in [1.29, 1.82) is 0 Å². The van der Waals surface area contributed by atoms with Crippen molar-refractivity contribution in [3.63, 3.8) is 0 Å². The summed E-state index contributed by atoms with van der Waals surface area (Å²) in [5.41, 5.74) is 0.777. The number of aliphatic hydroxyl groups is 1. The first kappa shape index (κ1) is 16.1. The first-order chi connectivity index (χ1) is 10.8. The summed E-state index contributed by atoms with van der Waals surface area (Å²) in [7, 11) is -3.91. The molecule has 2 atom stereocenters. The molecule has 0 bridgehead atoms. The van der Waals surface area contributed by atoms with Gasteiger partial charge in [0.2, 0.25) is 10.0 Å². The van der Waals surface area contributed by atoms with E-state index in [9.17, 15) is 17.9 Å². The number of aliphatic hydroxyl groups excluding tert-OH is 1. The Morgan fingerprint density at radius 1 is 1.39 bits per heavy atom. The number of nitrogens with zero attached hydrogens (tertiary/aromatic N) is 2. The Bertz CT molecular complexity index is 814. The fraction of sp³-hybridized carbons (Fsp3) is 0.400. The van der Waals surface area contributed by atoms with E-state index in [2.05, 4.69) is 5.16 Å². The number of β-amino-alcohol motifs (C(OH)–C–C–N with tert-alkyl or cyclic N) is 1. The lowest BCUT2D eigenvalue weighted by Crippen LogP contribution is -2.32. The smallest absolute Gasteiger partial charge is 0.249 e. The summed E-state index contributed by atoms with van der Waals surface area (Å²) in [5, 5.41) is 13.6. The van der Waals surface area contributed by atoms with Crippen molar-refractivity contribution in [2.24, 2.45) is 0 Å². The van der Waals surface area contributed by atoms with Crippen molar-refractivity contribution < 1.29 is 22.4 Å². The average molecular weight is 340 g/mol. The summed E-state index contributed by atoms with van der Waals surface area (Å²) in [4.78, 5) is 0.00741. The summed E-state index contributed by atoms with van der Waals surface area (Å²) < 4.78 is 45.6. The van der Waals surface area contributed by atoms with Gasteiger partial charge >= 0.3 is 0 Å². The van der Waals surface area contributed by atoms with Crippen LogP contribution in [0.3, 0.4) is 0 Å². The van der Waals surface area contributed by atoms with E-state index in [1.54, 1.807) is 13.0 Å². The zero-order chi connectivity index (χ0) is 16.8. The molecular weight excluding hydrogens is 323 g/mol. The van der Waals surface area contributed by atoms with Crippen LogP contribution in [0.5, 0.6) is 0 Å². The highest BCUT2D eigenvalue weighted by Gasteiger charge is 2.42. The molecule has 2 aromatic rings. The van der Waals surface area contributed by atoms with Gasteiger partial charge < -0.3 is 9.63 Å². The molecule has 1 aromatic carbocycles. The zero-order valence-corrected chi connectivity index (χ0v) is 13.5. The van der Waals surface area contributed by atoms with Crippen molar-refractivity contribution in [3.05, 3.63) is 47.1 Å². The van der Waals surface area contributed by atoms with Gasteiger partial charge in [-0.05, 0) is 38.0 Å². The maximum absolute atomic E-state index is 13.5. The normalized spacial score (nSPS) is 22.6. The van der Waals surface area contributed by atoms with E-state index in [0.29, 0.717) is 5.56 Å². The monoisotopic (exact) mass is 340 g/mol. The molecule has 23 heavy (non-hydrogen) atoms. The second kappa shape index (κ2) is 5.70. The molecule has 124 valence electrons. The molecule has 1 saturated heterocycles. The predicted molar refractivity (Wildman–Crippen MR) is 79.6 cm³/mol. The third kappa shape index (κ3) is 2.77. The number of halogens is 1. The van der Waals surface area contributed by atoms with Crippen LogP contribution in [0.15, 0.2) is 33.7 Å². The Labute approximate surface area is 133 Å². The highest BCUT2D eigenvalue weighted by molar-refractivity contribution is 7.89.